The summed E-state index contributed by atoms with van der Waals surface area (Å²) in [7, 11) is 4.69. The first-order chi connectivity index (χ1) is 17.0. The molecule has 0 atom stereocenters. The monoisotopic (exact) mass is 475 g/mol. The predicted molar refractivity (Wildman–Crippen MR) is 126 cm³/mol. The first-order valence-corrected chi connectivity index (χ1v) is 11.1. The van der Waals surface area contributed by atoms with Crippen molar-refractivity contribution < 1.29 is 19.0 Å². The van der Waals surface area contributed by atoms with E-state index in [0.29, 0.717) is 41.3 Å². The predicted octanol–water partition coefficient (Wildman–Crippen LogP) is 2.58. The van der Waals surface area contributed by atoms with Crippen LogP contribution in [0.3, 0.4) is 0 Å². The average molecular weight is 476 g/mol. The zero-order valence-corrected chi connectivity index (χ0v) is 19.6. The zero-order valence-electron chi connectivity index (χ0n) is 19.6. The molecule has 0 radical (unpaired) electrons. The van der Waals surface area contributed by atoms with Crippen LogP contribution in [0, 0.1) is 0 Å². The number of hydrogen-bond acceptors (Lipinski definition) is 8. The van der Waals surface area contributed by atoms with Crippen LogP contribution in [0.15, 0.2) is 42.5 Å². The summed E-state index contributed by atoms with van der Waals surface area (Å²) in [4.78, 5) is 17.2. The largest absolute Gasteiger partial charge is 0.497 e. The van der Waals surface area contributed by atoms with E-state index in [1.54, 1.807) is 30.0 Å². The second-order valence-electron chi connectivity index (χ2n) is 8.13. The van der Waals surface area contributed by atoms with Crippen molar-refractivity contribution in [1.29, 1.82) is 0 Å². The van der Waals surface area contributed by atoms with Crippen LogP contribution < -0.4 is 19.9 Å². The van der Waals surface area contributed by atoms with Crippen molar-refractivity contribution in [1.82, 2.24) is 29.5 Å². The first kappa shape index (κ1) is 22.4. The fourth-order valence-corrected chi connectivity index (χ4v) is 3.91. The molecule has 1 aliphatic carbocycles. The van der Waals surface area contributed by atoms with Crippen molar-refractivity contribution in [3.05, 3.63) is 59.7 Å². The number of carbonyl (C=O) groups is 1. The number of primary amides is 1. The Labute approximate surface area is 201 Å². The van der Waals surface area contributed by atoms with Crippen LogP contribution in [-0.4, -0.2) is 56.8 Å². The van der Waals surface area contributed by atoms with Gasteiger partial charge in [-0.1, -0.05) is 18.2 Å². The molecule has 2 aromatic heterocycles. The minimum Gasteiger partial charge on any atom is -0.497 e. The lowest BCUT2D eigenvalue weighted by Crippen LogP contribution is -2.19. The molecule has 0 unspecified atom stereocenters. The number of ether oxygens (including phenoxy) is 3. The van der Waals surface area contributed by atoms with Gasteiger partial charge in [-0.25, -0.2) is 9.67 Å². The van der Waals surface area contributed by atoms with E-state index in [1.165, 1.54) is 18.8 Å². The molecule has 2 heterocycles. The number of amides is 1. The third-order valence-corrected chi connectivity index (χ3v) is 5.83. The van der Waals surface area contributed by atoms with Crippen molar-refractivity contribution in [3.63, 3.8) is 0 Å². The van der Waals surface area contributed by atoms with E-state index in [1.807, 2.05) is 24.3 Å². The van der Waals surface area contributed by atoms with Gasteiger partial charge >= 0.3 is 0 Å². The summed E-state index contributed by atoms with van der Waals surface area (Å²) in [6.45, 7) is 0.431. The minimum atomic E-state index is -0.750. The highest BCUT2D eigenvalue weighted by atomic mass is 16.5. The lowest BCUT2D eigenvalue weighted by molar-refractivity contribution is 0.0988. The second kappa shape index (κ2) is 9.09. The first-order valence-electron chi connectivity index (χ1n) is 11.1. The van der Waals surface area contributed by atoms with Gasteiger partial charge < -0.3 is 19.9 Å². The van der Waals surface area contributed by atoms with Gasteiger partial charge in [-0.05, 0) is 42.7 Å². The third kappa shape index (κ3) is 4.16. The summed E-state index contributed by atoms with van der Waals surface area (Å²) in [5.74, 6) is 2.64. The number of hydrogen-bond donors (Lipinski definition) is 1. The molecule has 1 fully saturated rings. The molecule has 0 aliphatic heterocycles. The number of rotatable bonds is 9. The summed E-state index contributed by atoms with van der Waals surface area (Å²) < 4.78 is 19.7. The van der Waals surface area contributed by atoms with Gasteiger partial charge in [-0.2, -0.15) is 5.10 Å². The normalized spacial score (nSPS) is 13.0. The Morgan fingerprint density at radius 1 is 0.971 bits per heavy atom. The molecule has 0 spiro atoms. The maximum Gasteiger partial charge on any atom is 0.287 e. The topological polar surface area (TPSA) is 132 Å². The van der Waals surface area contributed by atoms with E-state index in [0.717, 1.165) is 30.0 Å². The van der Waals surface area contributed by atoms with E-state index in [-0.39, 0.29) is 5.82 Å². The number of methoxy groups -OCH3 is 3. The van der Waals surface area contributed by atoms with Crippen molar-refractivity contribution in [3.8, 4) is 34.6 Å². The molecule has 11 nitrogen and oxygen atoms in total. The van der Waals surface area contributed by atoms with Gasteiger partial charge in [0.25, 0.3) is 5.91 Å². The molecule has 11 heteroatoms. The maximum absolute atomic E-state index is 12.4. The molecule has 1 saturated carbocycles. The van der Waals surface area contributed by atoms with Gasteiger partial charge in [0.05, 0.1) is 27.9 Å². The molecule has 4 aromatic rings. The Bertz CT molecular complexity index is 1350. The highest BCUT2D eigenvalue weighted by molar-refractivity contribution is 5.91. The number of nitrogens with zero attached hydrogens (tertiary/aromatic N) is 6. The van der Waals surface area contributed by atoms with Gasteiger partial charge in [-0.15, -0.1) is 10.2 Å². The zero-order chi connectivity index (χ0) is 24.5. The smallest absolute Gasteiger partial charge is 0.287 e. The summed E-state index contributed by atoms with van der Waals surface area (Å²) >= 11 is 0. The van der Waals surface area contributed by atoms with Crippen molar-refractivity contribution >= 4 is 5.91 Å². The summed E-state index contributed by atoms with van der Waals surface area (Å²) in [5.41, 5.74) is 7.12. The minimum absolute atomic E-state index is 0.0743. The Balaban J connectivity index is 1.69. The van der Waals surface area contributed by atoms with E-state index in [4.69, 9.17) is 30.0 Å². The lowest BCUT2D eigenvalue weighted by Gasteiger charge is -2.16. The Morgan fingerprint density at radius 2 is 1.66 bits per heavy atom. The van der Waals surface area contributed by atoms with Gasteiger partial charge in [0.2, 0.25) is 11.6 Å². The van der Waals surface area contributed by atoms with Gasteiger partial charge in [-0.3, -0.25) is 9.36 Å². The third-order valence-electron chi connectivity index (χ3n) is 5.83. The molecule has 5 rings (SSSR count). The van der Waals surface area contributed by atoms with Crippen LogP contribution in [0.25, 0.3) is 17.3 Å². The van der Waals surface area contributed by atoms with Crippen LogP contribution >= 0.6 is 0 Å². The Hall–Kier alpha value is -4.41. The van der Waals surface area contributed by atoms with Crippen LogP contribution in [0.2, 0.25) is 0 Å². The van der Waals surface area contributed by atoms with Crippen LogP contribution in [0.4, 0.5) is 0 Å². The van der Waals surface area contributed by atoms with Crippen molar-refractivity contribution in [2.45, 2.75) is 25.3 Å². The quantitative estimate of drug-likeness (QED) is 0.391. The van der Waals surface area contributed by atoms with Gasteiger partial charge in [0.1, 0.15) is 22.9 Å². The molecule has 35 heavy (non-hydrogen) atoms. The molecule has 180 valence electrons. The molecule has 2 aromatic carbocycles. The molecular formula is C24H25N7O4. The van der Waals surface area contributed by atoms with Crippen LogP contribution in [-0.2, 0) is 6.54 Å². The number of para-hydroxylation sites is 1. The molecule has 0 bridgehead atoms. The van der Waals surface area contributed by atoms with Crippen molar-refractivity contribution in [2.24, 2.45) is 5.73 Å². The lowest BCUT2D eigenvalue weighted by atomic mass is 10.2. The Morgan fingerprint density at radius 3 is 2.23 bits per heavy atom. The SMILES string of the molecule is COc1ccc(Cn2nc(C3CC3)nc2-c2nnc(C(N)=O)n2-c2c(OC)cccc2OC)cc1. The molecule has 1 aliphatic rings. The molecular weight excluding hydrogens is 450 g/mol. The van der Waals surface area contributed by atoms with E-state index in [2.05, 4.69) is 10.2 Å². The molecule has 0 saturated heterocycles. The highest BCUT2D eigenvalue weighted by Gasteiger charge is 2.32. The molecule has 2 N–H and O–H groups in total. The van der Waals surface area contributed by atoms with Crippen LogP contribution in [0.1, 0.15) is 40.8 Å². The summed E-state index contributed by atoms with van der Waals surface area (Å²) in [5, 5.41) is 13.2. The fraction of sp³-hybridized carbons (Fsp3) is 0.292. The van der Waals surface area contributed by atoms with Crippen LogP contribution in [0.5, 0.6) is 17.2 Å². The number of aromatic nitrogens is 6. The summed E-state index contributed by atoms with van der Waals surface area (Å²) in [6.07, 6.45) is 2.07. The standard InChI is InChI=1S/C24H25N7O4/c1-33-16-11-7-14(8-12-16)13-30-23(26-21(29-30)15-9-10-15)24-28-27-22(20(25)32)31(24)19-17(34-2)5-4-6-18(19)35-3/h4-8,11-12,15H,9-10,13H2,1-3H3,(H2,25,32). The maximum atomic E-state index is 12.4. The Kier molecular flexibility index (Phi) is 5.81. The van der Waals surface area contributed by atoms with Gasteiger partial charge in [0.15, 0.2) is 11.6 Å². The second-order valence-corrected chi connectivity index (χ2v) is 8.13. The summed E-state index contributed by atoms with van der Waals surface area (Å²) in [6, 6.07) is 13.0. The average Bonchev–Trinajstić information content (AvgIpc) is 3.51. The van der Waals surface area contributed by atoms with Gasteiger partial charge in [0, 0.05) is 5.92 Å². The number of carbonyl (C=O) groups excluding carboxylic acids is 1. The highest BCUT2D eigenvalue weighted by Crippen LogP contribution is 2.40. The van der Waals surface area contributed by atoms with E-state index in [9.17, 15) is 4.79 Å². The van der Waals surface area contributed by atoms with E-state index >= 15 is 0 Å². The number of benzene rings is 2. The number of nitrogens with two attached hydrogens (primary N) is 1. The fourth-order valence-electron chi connectivity index (χ4n) is 3.91. The molecule has 1 amide bonds. The van der Waals surface area contributed by atoms with Crippen molar-refractivity contribution in [2.75, 3.05) is 21.3 Å². The van der Waals surface area contributed by atoms with E-state index < -0.39 is 5.91 Å².